The van der Waals surface area contributed by atoms with E-state index in [2.05, 4.69) is 13.8 Å². The summed E-state index contributed by atoms with van der Waals surface area (Å²) < 4.78 is 48.8. The zero-order valence-corrected chi connectivity index (χ0v) is 6.89. The van der Waals surface area contributed by atoms with E-state index in [1.807, 2.05) is 0 Å². The molecule has 1 radical (unpaired) electrons. The molecule has 0 aliphatic rings. The molecule has 0 rings (SSSR count). The molecule has 0 amide bonds. The quantitative estimate of drug-likeness (QED) is 0.489. The van der Waals surface area contributed by atoms with Crippen LogP contribution in [-0.2, 0) is 22.9 Å². The second-order valence-electron chi connectivity index (χ2n) is 0.890. The van der Waals surface area contributed by atoms with E-state index in [1.165, 1.54) is 0 Å². The van der Waals surface area contributed by atoms with E-state index in [-0.39, 0.29) is 18.9 Å². The molecule has 0 aromatic carbocycles. The molecule has 0 bridgehead atoms. The van der Waals surface area contributed by atoms with E-state index in [1.54, 1.807) is 0 Å². The first-order chi connectivity index (χ1) is 4.54. The first-order valence-electron chi connectivity index (χ1n) is 1.59. The Morgan fingerprint density at radius 3 is 1.82 bits per heavy atom. The summed E-state index contributed by atoms with van der Waals surface area (Å²) in [7, 11) is -8.86. The molecule has 0 fully saturated rings. The van der Waals surface area contributed by atoms with Crippen LogP contribution in [0.25, 0.3) is 0 Å². The van der Waals surface area contributed by atoms with Gasteiger partial charge in [-0.1, -0.05) is 9.46 Å². The van der Waals surface area contributed by atoms with Crippen LogP contribution in [-0.4, -0.2) is 18.9 Å². The largest absolute Gasteiger partial charge is 0.580 e. The summed E-state index contributed by atoms with van der Waals surface area (Å²) in [6, 6.07) is 0. The van der Waals surface area contributed by atoms with Gasteiger partial charge in [-0.15, -0.1) is 0 Å². The van der Waals surface area contributed by atoms with Gasteiger partial charge in [-0.2, -0.15) is 0 Å². The van der Waals surface area contributed by atoms with Gasteiger partial charge in [-0.3, -0.25) is 0 Å². The number of rotatable bonds is 4. The molecule has 0 heterocycles. The molecule has 0 N–H and O–H groups in total. The monoisotopic (exact) mass is 203 g/mol. The fourth-order valence-corrected chi connectivity index (χ4v) is 0.994. The SMILES string of the molecule is O=[P+]([O-])OP(=O)(OF)OF.[Li]. The molecule has 0 saturated carbocycles. The molecule has 61 valence electrons. The molecule has 0 spiro atoms. The summed E-state index contributed by atoms with van der Waals surface area (Å²) in [6.07, 6.45) is 0. The maximum absolute atomic E-state index is 10.9. The Kier molecular flexibility index (Phi) is 7.96. The summed E-state index contributed by atoms with van der Waals surface area (Å²) in [5, 5.41) is 0. The molecule has 0 aromatic rings. The maximum atomic E-state index is 10.9. The smallest absolute Gasteiger partial charge is 0.566 e. The molecule has 0 aromatic heterocycles. The topological polar surface area (TPSA) is 84.9 Å². The third-order valence-electron chi connectivity index (χ3n) is 0.336. The molecule has 11 heteroatoms. The summed E-state index contributed by atoms with van der Waals surface area (Å²) in [5.41, 5.74) is 0. The Bertz CT molecular complexity index is 162. The van der Waals surface area contributed by atoms with E-state index >= 15 is 0 Å². The van der Waals surface area contributed by atoms with Crippen LogP contribution < -0.4 is 4.89 Å². The minimum Gasteiger partial charge on any atom is -0.566 e. The molecular formula is F2LiO6P2. The molecule has 6 nitrogen and oxygen atoms in total. The molecule has 1 unspecified atom stereocenters. The van der Waals surface area contributed by atoms with Crippen LogP contribution in [0.1, 0.15) is 0 Å². The predicted molar refractivity (Wildman–Crippen MR) is 26.4 cm³/mol. The van der Waals surface area contributed by atoms with Crippen LogP contribution in [0.4, 0.5) is 9.05 Å². The summed E-state index contributed by atoms with van der Waals surface area (Å²) in [5.74, 6) is 0. The second-order valence-corrected chi connectivity index (χ2v) is 3.16. The third kappa shape index (κ3) is 5.85. The fourth-order valence-electron chi connectivity index (χ4n) is 0.117. The van der Waals surface area contributed by atoms with Crippen molar-refractivity contribution in [3.05, 3.63) is 0 Å². The first-order valence-corrected chi connectivity index (χ1v) is 4.14. The Morgan fingerprint density at radius 1 is 1.36 bits per heavy atom. The third-order valence-corrected chi connectivity index (χ3v) is 2.01. The van der Waals surface area contributed by atoms with Gasteiger partial charge in [0.15, 0.2) is 0 Å². The summed E-state index contributed by atoms with van der Waals surface area (Å²) in [4.78, 5) is 9.48. The molecule has 0 saturated heterocycles. The molecule has 1 atom stereocenters. The fraction of sp³-hybridized carbons (Fsp3) is 0. The first kappa shape index (κ1) is 14.2. The molecule has 0 aliphatic heterocycles. The van der Waals surface area contributed by atoms with Crippen LogP contribution in [0.5, 0.6) is 0 Å². The van der Waals surface area contributed by atoms with Crippen LogP contribution in [0.15, 0.2) is 0 Å². The van der Waals surface area contributed by atoms with Crippen molar-refractivity contribution in [1.82, 2.24) is 0 Å². The standard InChI is InChI=1S/F2O6P2.Li/c1-6-10(5,7-2)8-9(3)4;. The van der Waals surface area contributed by atoms with Crippen molar-refractivity contribution in [2.45, 2.75) is 0 Å². The Labute approximate surface area is 72.4 Å². The van der Waals surface area contributed by atoms with Gasteiger partial charge in [0.2, 0.25) is 0 Å². The zero-order valence-electron chi connectivity index (χ0n) is 5.10. The van der Waals surface area contributed by atoms with Gasteiger partial charge < -0.3 is 4.89 Å². The van der Waals surface area contributed by atoms with Crippen molar-refractivity contribution in [1.29, 1.82) is 0 Å². The summed E-state index contributed by atoms with van der Waals surface area (Å²) in [6.45, 7) is 0. The molecule has 11 heavy (non-hydrogen) atoms. The Hall–Kier alpha value is 0.627. The average Bonchev–Trinajstić information content (AvgIpc) is 1.87. The Balaban J connectivity index is 0. The average molecular weight is 203 g/mol. The van der Waals surface area contributed by atoms with Crippen LogP contribution in [0, 0.1) is 0 Å². The van der Waals surface area contributed by atoms with Crippen LogP contribution >= 0.6 is 16.1 Å². The van der Waals surface area contributed by atoms with Gasteiger partial charge in [0, 0.05) is 18.9 Å². The number of halogens is 2. The normalized spacial score (nSPS) is 12.1. The maximum Gasteiger partial charge on any atom is 0.580 e. The van der Waals surface area contributed by atoms with Crippen LogP contribution in [0.3, 0.4) is 0 Å². The van der Waals surface area contributed by atoms with Crippen molar-refractivity contribution in [3.8, 4) is 0 Å². The summed E-state index contributed by atoms with van der Waals surface area (Å²) >= 11 is 0. The van der Waals surface area contributed by atoms with Crippen molar-refractivity contribution in [3.63, 3.8) is 0 Å². The Morgan fingerprint density at radius 2 is 1.73 bits per heavy atom. The van der Waals surface area contributed by atoms with Crippen molar-refractivity contribution in [2.24, 2.45) is 0 Å². The zero-order chi connectivity index (χ0) is 8.20. The van der Waals surface area contributed by atoms with Gasteiger partial charge in [-0.25, -0.2) is 4.57 Å². The van der Waals surface area contributed by atoms with E-state index in [0.29, 0.717) is 0 Å². The number of hydrogen-bond donors (Lipinski definition) is 0. The van der Waals surface area contributed by atoms with Crippen molar-refractivity contribution in [2.75, 3.05) is 0 Å². The van der Waals surface area contributed by atoms with Crippen molar-refractivity contribution >= 4 is 34.9 Å². The van der Waals surface area contributed by atoms with E-state index in [0.717, 1.165) is 0 Å². The van der Waals surface area contributed by atoms with Gasteiger partial charge in [0.05, 0.1) is 0 Å². The van der Waals surface area contributed by atoms with E-state index < -0.39 is 16.1 Å². The molecule has 0 aliphatic carbocycles. The van der Waals surface area contributed by atoms with E-state index in [9.17, 15) is 23.1 Å². The van der Waals surface area contributed by atoms with Crippen LogP contribution in [0.2, 0.25) is 0 Å². The minimum absolute atomic E-state index is 0. The van der Waals surface area contributed by atoms with Gasteiger partial charge in [0.25, 0.3) is 0 Å². The van der Waals surface area contributed by atoms with Gasteiger partial charge in [0.1, 0.15) is 0 Å². The van der Waals surface area contributed by atoms with Crippen molar-refractivity contribution < 1.29 is 36.8 Å². The molecular weight excluding hydrogens is 203 g/mol. The van der Waals surface area contributed by atoms with E-state index in [4.69, 9.17) is 0 Å². The minimum atomic E-state index is -5.17. The number of phosphoric acid groups is 1. The predicted octanol–water partition coefficient (Wildman–Crippen LogP) is 0.550. The number of hydrogen-bond acceptors (Lipinski definition) is 6. The second kappa shape index (κ2) is 6.18. The van der Waals surface area contributed by atoms with Gasteiger partial charge >= 0.3 is 16.1 Å². The van der Waals surface area contributed by atoms with Gasteiger partial charge in [-0.05, 0) is 17.9 Å².